The molecule has 0 aromatic carbocycles. The van der Waals surface area contributed by atoms with Crippen molar-refractivity contribution in [3.05, 3.63) is 11.6 Å². The third-order valence-corrected chi connectivity index (χ3v) is 3.63. The van der Waals surface area contributed by atoms with E-state index in [4.69, 9.17) is 5.73 Å². The second-order valence-electron chi connectivity index (χ2n) is 5.72. The summed E-state index contributed by atoms with van der Waals surface area (Å²) in [5.41, 5.74) is 5.78. The fourth-order valence-corrected chi connectivity index (χ4v) is 2.34. The molecule has 0 amide bonds. The summed E-state index contributed by atoms with van der Waals surface area (Å²) in [5.74, 6) is 2.20. The van der Waals surface area contributed by atoms with Crippen LogP contribution in [0.1, 0.15) is 31.4 Å². The highest BCUT2D eigenvalue weighted by molar-refractivity contribution is 5.17. The number of piperazine rings is 1. The topological polar surface area (TPSA) is 71.2 Å². The van der Waals surface area contributed by atoms with Gasteiger partial charge in [-0.1, -0.05) is 13.8 Å². The van der Waals surface area contributed by atoms with Crippen LogP contribution in [0.3, 0.4) is 0 Å². The minimum Gasteiger partial charge on any atom is -0.368 e. The van der Waals surface area contributed by atoms with Crippen molar-refractivity contribution in [1.82, 2.24) is 24.8 Å². The molecule has 1 aliphatic heterocycles. The minimum atomic E-state index is 0.274. The lowest BCUT2D eigenvalue weighted by Gasteiger charge is -2.37. The van der Waals surface area contributed by atoms with Gasteiger partial charge in [-0.2, -0.15) is 9.97 Å². The predicted molar refractivity (Wildman–Crippen MR) is 75.9 cm³/mol. The summed E-state index contributed by atoms with van der Waals surface area (Å²) in [4.78, 5) is 17.7. The molecule has 0 aliphatic carbocycles. The summed E-state index contributed by atoms with van der Waals surface area (Å²) in [6.07, 6.45) is 0.827. The van der Waals surface area contributed by atoms with Gasteiger partial charge < -0.3 is 15.5 Å². The van der Waals surface area contributed by atoms with Crippen LogP contribution in [-0.2, 0) is 6.42 Å². The van der Waals surface area contributed by atoms with Crippen LogP contribution in [0.25, 0.3) is 0 Å². The van der Waals surface area contributed by atoms with Gasteiger partial charge in [0.25, 0.3) is 0 Å². The first kappa shape index (κ1) is 14.1. The van der Waals surface area contributed by atoms with Crippen LogP contribution in [0.5, 0.6) is 0 Å². The lowest BCUT2D eigenvalue weighted by molar-refractivity contribution is 0.113. The predicted octanol–water partition coefficient (Wildman–Crippen LogP) is 0.366. The van der Waals surface area contributed by atoms with E-state index in [1.807, 2.05) is 0 Å². The monoisotopic (exact) mass is 264 g/mol. The Hall–Kier alpha value is -1.27. The van der Waals surface area contributed by atoms with Crippen molar-refractivity contribution in [3.63, 3.8) is 0 Å². The molecule has 0 radical (unpaired) electrons. The van der Waals surface area contributed by atoms with E-state index in [-0.39, 0.29) is 5.92 Å². The maximum absolute atomic E-state index is 5.78. The second-order valence-corrected chi connectivity index (χ2v) is 5.72. The first-order chi connectivity index (χ1) is 8.95. The van der Waals surface area contributed by atoms with Crippen molar-refractivity contribution in [1.29, 1.82) is 0 Å². The van der Waals surface area contributed by atoms with Gasteiger partial charge in [-0.05, 0) is 14.1 Å². The molecule has 6 nitrogen and oxygen atoms in total. The zero-order chi connectivity index (χ0) is 14.0. The number of anilines is 1. The van der Waals surface area contributed by atoms with Crippen molar-refractivity contribution >= 4 is 5.95 Å². The quantitative estimate of drug-likeness (QED) is 0.850. The van der Waals surface area contributed by atoms with E-state index in [9.17, 15) is 0 Å². The molecule has 1 fully saturated rings. The SMILES string of the molecule is CC(C)c1nc(N)nc(CC2CN(C)CCN2C)n1. The van der Waals surface area contributed by atoms with Crippen LogP contribution in [-0.4, -0.2) is 64.5 Å². The van der Waals surface area contributed by atoms with Gasteiger partial charge in [0.2, 0.25) is 5.95 Å². The molecule has 1 atom stereocenters. The smallest absolute Gasteiger partial charge is 0.223 e. The van der Waals surface area contributed by atoms with Crippen molar-refractivity contribution in [2.24, 2.45) is 0 Å². The molecule has 0 bridgehead atoms. The number of aromatic nitrogens is 3. The van der Waals surface area contributed by atoms with Gasteiger partial charge in [0.15, 0.2) is 0 Å². The maximum atomic E-state index is 5.78. The maximum Gasteiger partial charge on any atom is 0.223 e. The van der Waals surface area contributed by atoms with E-state index in [2.05, 4.69) is 52.7 Å². The Balaban J connectivity index is 2.13. The lowest BCUT2D eigenvalue weighted by atomic mass is 10.1. The fraction of sp³-hybridized carbons (Fsp3) is 0.769. The Morgan fingerprint density at radius 3 is 2.63 bits per heavy atom. The van der Waals surface area contributed by atoms with E-state index in [0.717, 1.165) is 37.7 Å². The van der Waals surface area contributed by atoms with Crippen LogP contribution in [0, 0.1) is 0 Å². The van der Waals surface area contributed by atoms with Crippen LogP contribution in [0.15, 0.2) is 0 Å². The summed E-state index contributed by atoms with van der Waals surface area (Å²) in [7, 11) is 4.31. The molecule has 2 N–H and O–H groups in total. The number of nitrogen functional groups attached to an aromatic ring is 1. The van der Waals surface area contributed by atoms with E-state index in [1.54, 1.807) is 0 Å². The third kappa shape index (κ3) is 3.61. The largest absolute Gasteiger partial charge is 0.368 e. The summed E-state index contributed by atoms with van der Waals surface area (Å²) >= 11 is 0. The number of nitrogens with zero attached hydrogens (tertiary/aromatic N) is 5. The molecule has 1 aliphatic rings. The molecule has 1 saturated heterocycles. The van der Waals surface area contributed by atoms with Crippen LogP contribution >= 0.6 is 0 Å². The molecular formula is C13H24N6. The van der Waals surface area contributed by atoms with Gasteiger partial charge in [0.05, 0.1) is 0 Å². The highest BCUT2D eigenvalue weighted by atomic mass is 15.3. The Bertz CT molecular complexity index is 433. The molecule has 1 unspecified atom stereocenters. The standard InChI is InChI=1S/C13H24N6/c1-9(2)12-15-11(16-13(14)17-12)7-10-8-18(3)5-6-19(10)4/h9-10H,5-8H2,1-4H3,(H2,14,15,16,17). The van der Waals surface area contributed by atoms with Gasteiger partial charge >= 0.3 is 0 Å². The van der Waals surface area contributed by atoms with E-state index in [1.165, 1.54) is 0 Å². The highest BCUT2D eigenvalue weighted by Gasteiger charge is 2.23. The number of likely N-dealkylation sites (N-methyl/N-ethyl adjacent to an activating group) is 2. The summed E-state index contributed by atoms with van der Waals surface area (Å²) < 4.78 is 0. The number of rotatable bonds is 3. The van der Waals surface area contributed by atoms with Gasteiger partial charge in [-0.3, -0.25) is 0 Å². The molecule has 0 saturated carbocycles. The fourth-order valence-electron chi connectivity index (χ4n) is 2.34. The first-order valence-corrected chi connectivity index (χ1v) is 6.85. The number of nitrogens with two attached hydrogens (primary N) is 1. The van der Waals surface area contributed by atoms with Gasteiger partial charge in [-0.15, -0.1) is 0 Å². The lowest BCUT2D eigenvalue weighted by Crippen LogP contribution is -2.51. The molecule has 2 heterocycles. The highest BCUT2D eigenvalue weighted by Crippen LogP contribution is 2.14. The molecule has 2 rings (SSSR count). The minimum absolute atomic E-state index is 0.274. The number of hydrogen-bond acceptors (Lipinski definition) is 6. The molecule has 6 heteroatoms. The van der Waals surface area contributed by atoms with Crippen LogP contribution < -0.4 is 5.73 Å². The third-order valence-electron chi connectivity index (χ3n) is 3.63. The average Bonchev–Trinajstić information content (AvgIpc) is 2.33. The van der Waals surface area contributed by atoms with Gasteiger partial charge in [-0.25, -0.2) is 4.98 Å². The summed E-state index contributed by atoms with van der Waals surface area (Å²) in [6, 6.07) is 0.445. The Morgan fingerprint density at radius 2 is 1.95 bits per heavy atom. The van der Waals surface area contributed by atoms with E-state index < -0.39 is 0 Å². The summed E-state index contributed by atoms with van der Waals surface area (Å²) in [6.45, 7) is 7.37. The molecular weight excluding hydrogens is 240 g/mol. The zero-order valence-corrected chi connectivity index (χ0v) is 12.3. The zero-order valence-electron chi connectivity index (χ0n) is 12.3. The molecule has 106 valence electrons. The normalized spacial score (nSPS) is 22.1. The Kier molecular flexibility index (Phi) is 4.31. The van der Waals surface area contributed by atoms with Crippen LogP contribution in [0.2, 0.25) is 0 Å². The number of hydrogen-bond donors (Lipinski definition) is 1. The van der Waals surface area contributed by atoms with Crippen LogP contribution in [0.4, 0.5) is 5.95 Å². The molecule has 0 spiro atoms. The first-order valence-electron chi connectivity index (χ1n) is 6.85. The second kappa shape index (κ2) is 5.79. The van der Waals surface area contributed by atoms with Crippen molar-refractivity contribution in [2.45, 2.75) is 32.2 Å². The Labute approximate surface area is 115 Å². The molecule has 1 aromatic rings. The van der Waals surface area contributed by atoms with Crippen molar-refractivity contribution < 1.29 is 0 Å². The van der Waals surface area contributed by atoms with Gasteiger partial charge in [0.1, 0.15) is 11.6 Å². The molecule has 19 heavy (non-hydrogen) atoms. The molecule has 1 aromatic heterocycles. The van der Waals surface area contributed by atoms with Crippen molar-refractivity contribution in [2.75, 3.05) is 39.5 Å². The van der Waals surface area contributed by atoms with E-state index in [0.29, 0.717) is 12.0 Å². The van der Waals surface area contributed by atoms with E-state index >= 15 is 0 Å². The van der Waals surface area contributed by atoms with Crippen molar-refractivity contribution in [3.8, 4) is 0 Å². The van der Waals surface area contributed by atoms with Gasteiger partial charge in [0, 0.05) is 38.0 Å². The average molecular weight is 264 g/mol. The Morgan fingerprint density at radius 1 is 1.21 bits per heavy atom. The summed E-state index contributed by atoms with van der Waals surface area (Å²) in [5, 5.41) is 0.